The molecule has 6 aliphatic rings. The Hall–Kier alpha value is -11.5. The van der Waals surface area contributed by atoms with E-state index in [0.717, 1.165) is 89.8 Å². The molecule has 6 heterocycles. The molecule has 0 bridgehead atoms. The molecule has 4 amide bonds. The summed E-state index contributed by atoms with van der Waals surface area (Å²) in [5, 5.41) is 48.1. The minimum atomic E-state index is -5.08. The molecule has 14 rings (SSSR count). The Labute approximate surface area is 668 Å². The van der Waals surface area contributed by atoms with E-state index in [9.17, 15) is 47.6 Å². The van der Waals surface area contributed by atoms with E-state index in [1.54, 1.807) is 0 Å². The number of nitrogens with zero attached hydrogens (tertiary/aromatic N) is 16. The van der Waals surface area contributed by atoms with Gasteiger partial charge in [0.05, 0.1) is 57.4 Å². The summed E-state index contributed by atoms with van der Waals surface area (Å²) in [6.45, 7) is -6.31. The normalized spacial score (nSPS) is 19.9. The molecule has 6 fully saturated rings. The Bertz CT molecular complexity index is 4990. The predicted octanol–water partition coefficient (Wildman–Crippen LogP) is 14.8. The summed E-state index contributed by atoms with van der Waals surface area (Å²) >= 11 is 13.2. The molecular formula is C74H68Cl2F14N20O8. The van der Waals surface area contributed by atoms with Gasteiger partial charge in [-0.1, -0.05) is 112 Å². The molecule has 4 aliphatic carbocycles. The minimum Gasteiger partial charge on any atom is -0.373 e. The van der Waals surface area contributed by atoms with Crippen molar-refractivity contribution in [2.24, 2.45) is 10.8 Å². The predicted molar refractivity (Wildman–Crippen MR) is 386 cm³/mol. The first-order chi connectivity index (χ1) is 55.5. The lowest BCUT2D eigenvalue weighted by molar-refractivity contribution is -0.219. The van der Waals surface area contributed by atoms with E-state index in [1.165, 1.54) is 70.5 Å². The highest BCUT2D eigenvalue weighted by Gasteiger charge is 2.65. The molecule has 44 heteroatoms. The lowest BCUT2D eigenvalue weighted by atomic mass is 9.73. The minimum absolute atomic E-state index is 0.0400. The highest BCUT2D eigenvalue weighted by molar-refractivity contribution is 6.33. The van der Waals surface area contributed by atoms with Gasteiger partial charge in [0.2, 0.25) is 0 Å². The maximum absolute atomic E-state index is 15.8. The van der Waals surface area contributed by atoms with Gasteiger partial charge in [-0.3, -0.25) is 40.0 Å². The zero-order valence-corrected chi connectivity index (χ0v) is 63.6. The van der Waals surface area contributed by atoms with Crippen molar-refractivity contribution in [2.75, 3.05) is 13.1 Å². The average molecular weight is 1700 g/mol. The van der Waals surface area contributed by atoms with E-state index < -0.39 is 206 Å². The van der Waals surface area contributed by atoms with Crippen LogP contribution in [0.2, 0.25) is 10.0 Å². The molecule has 4 saturated carbocycles. The van der Waals surface area contributed by atoms with Gasteiger partial charge in [-0.25, -0.2) is 46.7 Å². The molecule has 0 unspecified atom stereocenters. The number of alkyl halides is 14. The first-order valence-electron chi connectivity index (χ1n) is 36.4. The number of nitrogens with one attached hydrogen (secondary N) is 4. The van der Waals surface area contributed by atoms with Crippen LogP contribution in [-0.2, 0) is 39.7 Å². The third-order valence-corrected chi connectivity index (χ3v) is 22.7. The molecule has 4 atom stereocenters. The van der Waals surface area contributed by atoms with Crippen molar-refractivity contribution in [2.45, 2.75) is 177 Å². The molecule has 8 aromatic rings. The number of rotatable bonds is 28. The lowest BCUT2D eigenvalue weighted by Crippen LogP contribution is -2.53. The van der Waals surface area contributed by atoms with Crippen LogP contribution in [0.4, 0.5) is 71.1 Å². The van der Waals surface area contributed by atoms with E-state index in [2.05, 4.69) is 51.2 Å². The molecule has 118 heavy (non-hydrogen) atoms. The standard InChI is InChI=1S/C74H68Cl2F14N20O8/c1-67(2,73(85,86)87)33-71(41-11-5-37(6-12-41)49-29-95-109(101-49)43-15-16-43)59(113)105(63(91)99-71)51(39-9-19-47(75)45(27-39)55-93-35-97-107(55)61(81)82)31-103(69(23-24-69)57(77)78)65(115)117-53(111)21-22-54(112)118-66(116)104(70(25-26-70)58(79)80)32-52(40-10-20-48(76)46(28-40)56-94-36-98-108(56)62(83)84)106-60(114)72(100-64(106)92,34-68(3,4)74(88,89)90)42-13-7-38(8-14-42)50-30-96-110(102-50)44-17-18-44/h5-14,19-22,27-30,35-36,43-44,51-52,57-58,61-62H,15-18,23-26,31-34H2,1-4H3,(H2,91,99)(H2,92,100)/b22-21-/t51-,52-,71-,72-/m1/s1. The Balaban J connectivity index is 0.779. The van der Waals surface area contributed by atoms with E-state index in [1.807, 2.05) is 0 Å². The van der Waals surface area contributed by atoms with Crippen molar-refractivity contribution >= 4 is 71.1 Å². The molecular weight excluding hydrogens is 1630 g/mol. The van der Waals surface area contributed by atoms with E-state index >= 15 is 53.5 Å². The second-order valence-corrected chi connectivity index (χ2v) is 31.6. The quantitative estimate of drug-likeness (QED) is 0.0153. The summed E-state index contributed by atoms with van der Waals surface area (Å²) in [6, 6.07) is 13.0. The largest absolute Gasteiger partial charge is 0.418 e. The van der Waals surface area contributed by atoms with Crippen LogP contribution in [-0.4, -0.2) is 176 Å². The highest BCUT2D eigenvalue weighted by atomic mass is 35.5. The van der Waals surface area contributed by atoms with Gasteiger partial charge < -0.3 is 20.1 Å². The molecule has 624 valence electrons. The number of guanidine groups is 2. The van der Waals surface area contributed by atoms with Crippen LogP contribution in [0.15, 0.2) is 122 Å². The van der Waals surface area contributed by atoms with Gasteiger partial charge in [0.15, 0.2) is 23.6 Å². The molecule has 4 N–H and O–H groups in total. The average Bonchev–Trinajstić information content (AvgIpc) is 1.59. The number of hydrogen-bond donors (Lipinski definition) is 4. The number of esters is 2. The van der Waals surface area contributed by atoms with Crippen molar-refractivity contribution in [1.29, 1.82) is 10.8 Å². The topological polar surface area (TPSA) is 328 Å². The maximum atomic E-state index is 15.8. The molecule has 28 nitrogen and oxygen atoms in total. The van der Waals surface area contributed by atoms with Crippen molar-refractivity contribution in [3.63, 3.8) is 0 Å². The van der Waals surface area contributed by atoms with Gasteiger partial charge in [-0.2, -0.15) is 93.5 Å². The van der Waals surface area contributed by atoms with Gasteiger partial charge >= 0.3 is 49.6 Å². The molecule has 4 aromatic heterocycles. The summed E-state index contributed by atoms with van der Waals surface area (Å²) in [5.74, 6) is -9.92. The fourth-order valence-corrected chi connectivity index (χ4v) is 15.1. The summed E-state index contributed by atoms with van der Waals surface area (Å²) in [6.07, 6.45) is -18.3. The first kappa shape index (κ1) is 83.0. The van der Waals surface area contributed by atoms with Gasteiger partial charge in [0.1, 0.15) is 46.2 Å². The molecule has 0 radical (unpaired) electrons. The van der Waals surface area contributed by atoms with Gasteiger partial charge in [-0.05, 0) is 111 Å². The number of carbonyl (C=O) groups excluding carboxylic acids is 6. The van der Waals surface area contributed by atoms with Crippen LogP contribution in [0.5, 0.6) is 0 Å². The second-order valence-electron chi connectivity index (χ2n) is 30.8. The summed E-state index contributed by atoms with van der Waals surface area (Å²) in [7, 11) is 0. The summed E-state index contributed by atoms with van der Waals surface area (Å²) < 4.78 is 223. The number of ether oxygens (including phenoxy) is 2. The number of halogens is 16. The molecule has 0 spiro atoms. The van der Waals surface area contributed by atoms with Crippen LogP contribution in [0.3, 0.4) is 0 Å². The van der Waals surface area contributed by atoms with Crippen LogP contribution in [0.1, 0.15) is 151 Å². The van der Waals surface area contributed by atoms with Crippen molar-refractivity contribution in [3.05, 3.63) is 154 Å². The van der Waals surface area contributed by atoms with Crippen molar-refractivity contribution in [1.82, 2.24) is 89.7 Å². The number of amides is 4. The van der Waals surface area contributed by atoms with Crippen LogP contribution in [0.25, 0.3) is 45.3 Å². The fourth-order valence-electron chi connectivity index (χ4n) is 14.7. The van der Waals surface area contributed by atoms with E-state index in [0.29, 0.717) is 45.0 Å². The summed E-state index contributed by atoms with van der Waals surface area (Å²) in [4.78, 5) is 101. The molecule has 4 aromatic carbocycles. The number of carbonyl (C=O) groups is 6. The Kier molecular flexibility index (Phi) is 21.4. The van der Waals surface area contributed by atoms with Crippen LogP contribution in [0, 0.1) is 21.6 Å². The smallest absolute Gasteiger partial charge is 0.373 e. The van der Waals surface area contributed by atoms with Crippen LogP contribution < -0.4 is 10.6 Å². The molecule has 2 saturated heterocycles. The first-order valence-corrected chi connectivity index (χ1v) is 37.2. The third kappa shape index (κ3) is 15.4. The summed E-state index contributed by atoms with van der Waals surface area (Å²) in [5.41, 5.74) is -16.6. The third-order valence-electron chi connectivity index (χ3n) is 22.0. The number of aromatic nitrogens is 12. The fraction of sp³-hybridized carbons (Fsp3) is 0.432. The number of hydrogen-bond acceptors (Lipinski definition) is 18. The van der Waals surface area contributed by atoms with Crippen molar-refractivity contribution in [3.8, 4) is 45.3 Å². The van der Waals surface area contributed by atoms with Gasteiger partial charge in [-0.15, -0.1) is 0 Å². The van der Waals surface area contributed by atoms with Crippen molar-refractivity contribution < 1.29 is 99.7 Å². The highest BCUT2D eigenvalue weighted by Crippen LogP contribution is 2.55. The number of benzene rings is 4. The van der Waals surface area contributed by atoms with Gasteiger partial charge in [0, 0.05) is 47.5 Å². The maximum Gasteiger partial charge on any atom is 0.418 e. The van der Waals surface area contributed by atoms with Gasteiger partial charge in [0.25, 0.3) is 24.7 Å². The zero-order valence-electron chi connectivity index (χ0n) is 62.1. The Morgan fingerprint density at radius 3 is 1.19 bits per heavy atom. The SMILES string of the molecule is CC(C)(C[C@]1(c2ccc(-c3cnn(C4CC4)n3)cc2)NC(=N)N([C@H](CN(C(=O)OC(=O)/C=C\C(=O)OC(=O)N(C[C@H](c2ccc(Cl)c(-c3ncnn3C(F)F)c2)N2C(=N)N[C@](CC(C)(C)C(F)(F)F)(c3ccc(-c4cnn(C5CC5)n4)cc3)C2=O)C2(C(F)F)CC2)C2(C(F)F)CC2)c2ccc(Cl)c(-c3ncnn3C(F)F)c2)C1=O)C(F)(F)F. The second kappa shape index (κ2) is 30.5. The van der Waals surface area contributed by atoms with E-state index in [4.69, 9.17) is 32.7 Å². The Morgan fingerprint density at radius 2 is 0.890 bits per heavy atom. The van der Waals surface area contributed by atoms with Crippen LogP contribution >= 0.6 is 23.2 Å². The Morgan fingerprint density at radius 1 is 0.542 bits per heavy atom. The zero-order chi connectivity index (χ0) is 85.1. The monoisotopic (exact) mass is 1700 g/mol. The lowest BCUT2D eigenvalue weighted by Gasteiger charge is -2.39. The van der Waals surface area contributed by atoms with E-state index in [-0.39, 0.29) is 75.7 Å². The molecule has 2 aliphatic heterocycles.